The van der Waals surface area contributed by atoms with E-state index in [2.05, 4.69) is 23.0 Å². The Kier molecular flexibility index (Phi) is 13.2. The number of ether oxygens (including phenoxy) is 1. The molecule has 11 nitrogen and oxygen atoms in total. The van der Waals surface area contributed by atoms with Gasteiger partial charge in [0.1, 0.15) is 12.6 Å². The van der Waals surface area contributed by atoms with E-state index in [-0.39, 0.29) is 30.9 Å². The summed E-state index contributed by atoms with van der Waals surface area (Å²) >= 11 is 3.59. The van der Waals surface area contributed by atoms with Gasteiger partial charge < -0.3 is 26.4 Å². The van der Waals surface area contributed by atoms with Crippen molar-refractivity contribution in [3.63, 3.8) is 0 Å². The van der Waals surface area contributed by atoms with Crippen LogP contribution in [-0.4, -0.2) is 42.6 Å². The second-order valence-electron chi connectivity index (χ2n) is 7.18. The SMILES string of the molecule is CC(C)[C@H](NI)C(=O)N[C@@H](CCCNC(N)=O)C(=O)Nc1ccc(COC(=O)NI)cc1. The highest BCUT2D eigenvalue weighted by atomic mass is 127. The lowest BCUT2D eigenvalue weighted by molar-refractivity contribution is -0.128. The molecule has 0 aliphatic rings. The summed E-state index contributed by atoms with van der Waals surface area (Å²) in [5.41, 5.74) is 6.34. The van der Waals surface area contributed by atoms with Crippen molar-refractivity contribution in [2.45, 2.75) is 45.4 Å². The first-order valence-corrected chi connectivity index (χ1v) is 12.0. The van der Waals surface area contributed by atoms with Crippen molar-refractivity contribution < 1.29 is 23.9 Å². The molecule has 7 N–H and O–H groups in total. The van der Waals surface area contributed by atoms with E-state index in [1.54, 1.807) is 47.1 Å². The van der Waals surface area contributed by atoms with Crippen molar-refractivity contribution in [3.8, 4) is 0 Å². The lowest BCUT2D eigenvalue weighted by Crippen LogP contribution is -2.51. The topological polar surface area (TPSA) is 164 Å². The third-order valence-electron chi connectivity index (χ3n) is 4.34. The van der Waals surface area contributed by atoms with Crippen LogP contribution in [0.2, 0.25) is 0 Å². The van der Waals surface area contributed by atoms with Crippen molar-refractivity contribution in [1.29, 1.82) is 0 Å². The highest BCUT2D eigenvalue weighted by Crippen LogP contribution is 2.13. The fourth-order valence-electron chi connectivity index (χ4n) is 2.62. The molecule has 0 fully saturated rings. The molecule has 0 bridgehead atoms. The maximum atomic E-state index is 12.9. The van der Waals surface area contributed by atoms with Gasteiger partial charge in [-0.05, 0) is 36.5 Å². The molecule has 0 saturated carbocycles. The van der Waals surface area contributed by atoms with Crippen LogP contribution in [0.5, 0.6) is 0 Å². The molecule has 1 rings (SSSR count). The van der Waals surface area contributed by atoms with E-state index < -0.39 is 24.2 Å². The molecule has 32 heavy (non-hydrogen) atoms. The van der Waals surface area contributed by atoms with Gasteiger partial charge in [0.25, 0.3) is 0 Å². The molecular formula is C19H28I2N6O5. The Morgan fingerprint density at radius 2 is 1.72 bits per heavy atom. The molecule has 0 spiro atoms. The van der Waals surface area contributed by atoms with E-state index in [1.807, 2.05) is 36.7 Å². The maximum absolute atomic E-state index is 12.9. The summed E-state index contributed by atoms with van der Waals surface area (Å²) in [5.74, 6) is -0.656. The van der Waals surface area contributed by atoms with Crippen LogP contribution in [-0.2, 0) is 20.9 Å². The number of hydrogen-bond acceptors (Lipinski definition) is 6. The van der Waals surface area contributed by atoms with Crippen molar-refractivity contribution in [1.82, 2.24) is 17.7 Å². The minimum absolute atomic E-state index is 0.0242. The van der Waals surface area contributed by atoms with E-state index in [1.165, 1.54) is 0 Å². The summed E-state index contributed by atoms with van der Waals surface area (Å²) in [6.07, 6.45) is 0.204. The van der Waals surface area contributed by atoms with Crippen LogP contribution < -0.4 is 28.7 Å². The number of hydrogen-bond donors (Lipinski definition) is 6. The van der Waals surface area contributed by atoms with E-state index in [0.29, 0.717) is 18.5 Å². The number of nitrogens with one attached hydrogen (secondary N) is 5. The van der Waals surface area contributed by atoms with Gasteiger partial charge in [-0.2, -0.15) is 0 Å². The first-order valence-electron chi connectivity index (χ1n) is 9.81. The number of urea groups is 1. The predicted octanol–water partition coefficient (Wildman–Crippen LogP) is 2.10. The second-order valence-corrected chi connectivity index (χ2v) is 8.34. The van der Waals surface area contributed by atoms with E-state index in [0.717, 1.165) is 5.56 Å². The minimum atomic E-state index is -0.807. The molecular weight excluding hydrogens is 646 g/mol. The van der Waals surface area contributed by atoms with Crippen molar-refractivity contribution >= 4 is 75.4 Å². The molecule has 0 unspecified atom stereocenters. The average Bonchev–Trinajstić information content (AvgIpc) is 2.75. The number of rotatable bonds is 12. The van der Waals surface area contributed by atoms with Gasteiger partial charge in [0, 0.05) is 35.1 Å². The number of primary amides is 1. The van der Waals surface area contributed by atoms with Crippen LogP contribution >= 0.6 is 45.7 Å². The van der Waals surface area contributed by atoms with Gasteiger partial charge in [-0.1, -0.05) is 26.0 Å². The smallest absolute Gasteiger partial charge is 0.416 e. The molecule has 5 amide bonds. The number of nitrogens with two attached hydrogens (primary N) is 1. The molecule has 2 atom stereocenters. The molecule has 13 heteroatoms. The summed E-state index contributed by atoms with van der Waals surface area (Å²) in [7, 11) is 0. The van der Waals surface area contributed by atoms with Crippen LogP contribution in [0.4, 0.5) is 15.3 Å². The summed E-state index contributed by atoms with van der Waals surface area (Å²) in [6.45, 7) is 4.18. The first kappa shape index (κ1) is 28.2. The van der Waals surface area contributed by atoms with Crippen molar-refractivity contribution in [3.05, 3.63) is 29.8 Å². The molecule has 1 aromatic rings. The fourth-order valence-corrected chi connectivity index (χ4v) is 3.77. The molecule has 0 aliphatic carbocycles. The van der Waals surface area contributed by atoms with Crippen molar-refractivity contribution in [2.75, 3.05) is 11.9 Å². The zero-order valence-electron chi connectivity index (χ0n) is 17.7. The van der Waals surface area contributed by atoms with Gasteiger partial charge in [-0.15, -0.1) is 0 Å². The Morgan fingerprint density at radius 1 is 1.06 bits per heavy atom. The largest absolute Gasteiger partial charge is 0.444 e. The molecule has 0 aromatic heterocycles. The van der Waals surface area contributed by atoms with E-state index >= 15 is 0 Å². The van der Waals surface area contributed by atoms with Gasteiger partial charge in [0.15, 0.2) is 0 Å². The highest BCUT2D eigenvalue weighted by molar-refractivity contribution is 14.1. The third-order valence-corrected chi connectivity index (χ3v) is 5.45. The van der Waals surface area contributed by atoms with E-state index in [9.17, 15) is 19.2 Å². The zero-order valence-corrected chi connectivity index (χ0v) is 22.1. The highest BCUT2D eigenvalue weighted by Gasteiger charge is 2.26. The summed E-state index contributed by atoms with van der Waals surface area (Å²) in [6, 6.07) is 4.87. The number of anilines is 1. The Labute approximate surface area is 214 Å². The summed E-state index contributed by atoms with van der Waals surface area (Å²) < 4.78 is 10.2. The Morgan fingerprint density at radius 3 is 2.25 bits per heavy atom. The van der Waals surface area contributed by atoms with Crippen LogP contribution in [0.1, 0.15) is 32.3 Å². The van der Waals surface area contributed by atoms with Crippen LogP contribution in [0.3, 0.4) is 0 Å². The van der Waals surface area contributed by atoms with Crippen LogP contribution in [0.25, 0.3) is 0 Å². The molecule has 0 aliphatic heterocycles. The van der Waals surface area contributed by atoms with Gasteiger partial charge in [0.05, 0.1) is 28.9 Å². The van der Waals surface area contributed by atoms with Gasteiger partial charge in [-0.3, -0.25) is 13.1 Å². The standard InChI is InChI=1S/C19H28I2N6O5/c1-11(2)15(26-20)17(29)25-14(4-3-9-23-18(22)30)16(28)24-13-7-5-12(6-8-13)10-32-19(31)27-21/h5-8,11,14-15,26H,3-4,9-10H2,1-2H3,(H,24,28)(H,25,29)(H,27,31)(H3,22,23,30)/t14-,15-/m0/s1. The number of carbonyl (C=O) groups is 4. The second kappa shape index (κ2) is 15.0. The maximum Gasteiger partial charge on any atom is 0.416 e. The van der Waals surface area contributed by atoms with E-state index in [4.69, 9.17) is 10.5 Å². The Hall–Kier alpha value is -1.88. The number of halogens is 2. The number of amides is 5. The zero-order chi connectivity index (χ0) is 24.1. The quantitative estimate of drug-likeness (QED) is 0.113. The predicted molar refractivity (Wildman–Crippen MR) is 137 cm³/mol. The van der Waals surface area contributed by atoms with Crippen LogP contribution in [0.15, 0.2) is 24.3 Å². The fraction of sp³-hybridized carbons (Fsp3) is 0.474. The third kappa shape index (κ3) is 10.6. The van der Waals surface area contributed by atoms with Gasteiger partial charge in [0.2, 0.25) is 11.8 Å². The monoisotopic (exact) mass is 674 g/mol. The molecule has 0 radical (unpaired) electrons. The summed E-state index contributed by atoms with van der Waals surface area (Å²) in [4.78, 5) is 47.5. The van der Waals surface area contributed by atoms with Crippen LogP contribution in [0, 0.1) is 5.92 Å². The number of carbonyl (C=O) groups excluding carboxylic acids is 4. The Bertz CT molecular complexity index is 778. The molecule has 1 aromatic carbocycles. The molecule has 0 saturated heterocycles. The minimum Gasteiger partial charge on any atom is -0.444 e. The normalized spacial score (nSPS) is 12.4. The molecule has 0 heterocycles. The number of benzene rings is 1. The first-order chi connectivity index (χ1) is 15.2. The lowest BCUT2D eigenvalue weighted by Gasteiger charge is -2.23. The lowest BCUT2D eigenvalue weighted by atomic mass is 10.0. The average molecular weight is 674 g/mol. The van der Waals surface area contributed by atoms with Gasteiger partial charge >= 0.3 is 12.1 Å². The molecule has 178 valence electrons. The van der Waals surface area contributed by atoms with Crippen molar-refractivity contribution in [2.24, 2.45) is 11.7 Å². The Balaban J connectivity index is 2.79. The summed E-state index contributed by atoms with van der Waals surface area (Å²) in [5, 5.41) is 8.02. The van der Waals surface area contributed by atoms with Gasteiger partial charge in [-0.25, -0.2) is 13.1 Å².